The van der Waals surface area contributed by atoms with Gasteiger partial charge in [-0.1, -0.05) is 11.6 Å². The fraction of sp³-hybridized carbons (Fsp3) is 0.500. The minimum atomic E-state index is -4.29. The Labute approximate surface area is 125 Å². The number of piperidine rings is 1. The van der Waals surface area contributed by atoms with Gasteiger partial charge in [-0.15, -0.1) is 0 Å². The van der Waals surface area contributed by atoms with E-state index in [2.05, 4.69) is 0 Å². The van der Waals surface area contributed by atoms with Gasteiger partial charge in [0.2, 0.25) is 10.0 Å². The van der Waals surface area contributed by atoms with Gasteiger partial charge in [0.15, 0.2) is 0 Å². The highest BCUT2D eigenvalue weighted by Crippen LogP contribution is 2.36. The number of rotatable bonds is 2. The molecule has 1 heterocycles. The van der Waals surface area contributed by atoms with Crippen LogP contribution in [0.3, 0.4) is 0 Å². The summed E-state index contributed by atoms with van der Waals surface area (Å²) in [6.45, 7) is -0.366. The summed E-state index contributed by atoms with van der Waals surface area (Å²) < 4.78 is 63.7. The second-order valence-corrected chi connectivity index (χ2v) is 7.22. The molecule has 2 N–H and O–H groups in total. The Balaban J connectivity index is 2.21. The van der Waals surface area contributed by atoms with Crippen LogP contribution in [0.5, 0.6) is 0 Å². The lowest BCUT2D eigenvalue weighted by Gasteiger charge is -2.32. The molecule has 1 aliphatic rings. The third kappa shape index (κ3) is 3.44. The van der Waals surface area contributed by atoms with E-state index in [1.54, 1.807) is 0 Å². The number of nitrogens with two attached hydrogens (primary N) is 1. The SMILES string of the molecule is Nc1ccc(Cl)c(S(=O)(=O)N2CCC(C(F)(F)F)CC2)c1. The summed E-state index contributed by atoms with van der Waals surface area (Å²) in [5, 5.41) is 0.00199. The molecule has 2 rings (SSSR count). The van der Waals surface area contributed by atoms with Crippen molar-refractivity contribution in [3.8, 4) is 0 Å². The van der Waals surface area contributed by atoms with E-state index in [9.17, 15) is 21.6 Å². The minimum Gasteiger partial charge on any atom is -0.399 e. The zero-order valence-electron chi connectivity index (χ0n) is 10.9. The molecular weight excluding hydrogens is 329 g/mol. The Kier molecular flexibility index (Phi) is 4.41. The number of benzene rings is 1. The van der Waals surface area contributed by atoms with Crippen molar-refractivity contribution in [3.05, 3.63) is 23.2 Å². The zero-order chi connectivity index (χ0) is 15.8. The molecule has 0 aliphatic carbocycles. The Bertz CT molecular complexity index is 626. The molecule has 0 bridgehead atoms. The van der Waals surface area contributed by atoms with Crippen LogP contribution in [0.2, 0.25) is 5.02 Å². The second kappa shape index (κ2) is 5.66. The van der Waals surface area contributed by atoms with E-state index >= 15 is 0 Å². The minimum absolute atomic E-state index is 0.00199. The number of anilines is 1. The van der Waals surface area contributed by atoms with Crippen LogP contribution in [0.4, 0.5) is 18.9 Å². The van der Waals surface area contributed by atoms with Gasteiger partial charge in [0.05, 0.1) is 10.9 Å². The van der Waals surface area contributed by atoms with Crippen LogP contribution >= 0.6 is 11.6 Å². The van der Waals surface area contributed by atoms with E-state index in [1.807, 2.05) is 0 Å². The lowest BCUT2D eigenvalue weighted by atomic mass is 9.98. The molecule has 21 heavy (non-hydrogen) atoms. The van der Waals surface area contributed by atoms with Crippen LogP contribution < -0.4 is 5.73 Å². The van der Waals surface area contributed by atoms with Crippen molar-refractivity contribution in [1.82, 2.24) is 4.31 Å². The highest BCUT2D eigenvalue weighted by molar-refractivity contribution is 7.89. The second-order valence-electron chi connectivity index (χ2n) is 4.91. The maximum Gasteiger partial charge on any atom is 0.391 e. The molecule has 1 aromatic rings. The molecule has 0 atom stereocenters. The summed E-state index contributed by atoms with van der Waals surface area (Å²) >= 11 is 5.86. The summed E-state index contributed by atoms with van der Waals surface area (Å²) in [5.41, 5.74) is 5.77. The largest absolute Gasteiger partial charge is 0.399 e. The summed E-state index contributed by atoms with van der Waals surface area (Å²) in [6.07, 6.45) is -4.78. The number of sulfonamides is 1. The van der Waals surface area contributed by atoms with Crippen LogP contribution in [0.1, 0.15) is 12.8 Å². The topological polar surface area (TPSA) is 63.4 Å². The average molecular weight is 343 g/mol. The van der Waals surface area contributed by atoms with Crippen LogP contribution in [-0.2, 0) is 10.0 Å². The van der Waals surface area contributed by atoms with Crippen molar-refractivity contribution >= 4 is 27.3 Å². The van der Waals surface area contributed by atoms with Crippen molar-refractivity contribution in [2.24, 2.45) is 5.92 Å². The van der Waals surface area contributed by atoms with Crippen molar-refractivity contribution in [3.63, 3.8) is 0 Å². The summed E-state index contributed by atoms with van der Waals surface area (Å²) in [4.78, 5) is -0.172. The maximum absolute atomic E-state index is 12.6. The molecule has 1 fully saturated rings. The molecule has 0 unspecified atom stereocenters. The fourth-order valence-corrected chi connectivity index (χ4v) is 4.26. The quantitative estimate of drug-likeness (QED) is 0.840. The first-order valence-electron chi connectivity index (χ1n) is 6.24. The molecule has 0 saturated carbocycles. The normalized spacial score (nSPS) is 18.9. The van der Waals surface area contributed by atoms with Gasteiger partial charge in [-0.25, -0.2) is 8.42 Å². The fourth-order valence-electron chi connectivity index (χ4n) is 2.28. The average Bonchev–Trinajstić information content (AvgIpc) is 2.40. The van der Waals surface area contributed by atoms with E-state index in [0.717, 1.165) is 4.31 Å². The van der Waals surface area contributed by atoms with Gasteiger partial charge in [0.1, 0.15) is 4.90 Å². The van der Waals surface area contributed by atoms with Crippen molar-refractivity contribution in [2.75, 3.05) is 18.8 Å². The van der Waals surface area contributed by atoms with E-state index < -0.39 is 22.1 Å². The first kappa shape index (κ1) is 16.4. The highest BCUT2D eigenvalue weighted by Gasteiger charge is 2.43. The molecule has 1 aliphatic heterocycles. The highest BCUT2D eigenvalue weighted by atomic mass is 35.5. The van der Waals surface area contributed by atoms with Gasteiger partial charge in [-0.05, 0) is 31.0 Å². The van der Waals surface area contributed by atoms with Gasteiger partial charge in [-0.3, -0.25) is 0 Å². The molecule has 1 aromatic carbocycles. The number of alkyl halides is 3. The Morgan fingerprint density at radius 3 is 2.33 bits per heavy atom. The molecule has 4 nitrogen and oxygen atoms in total. The molecule has 0 spiro atoms. The Hall–Kier alpha value is -0.990. The number of nitrogen functional groups attached to an aromatic ring is 1. The number of nitrogens with zero attached hydrogens (tertiary/aromatic N) is 1. The third-order valence-electron chi connectivity index (χ3n) is 3.49. The molecule has 0 aromatic heterocycles. The third-order valence-corrected chi connectivity index (χ3v) is 5.87. The van der Waals surface area contributed by atoms with E-state index in [4.69, 9.17) is 17.3 Å². The van der Waals surface area contributed by atoms with E-state index in [-0.39, 0.29) is 41.5 Å². The number of hydrogen-bond acceptors (Lipinski definition) is 3. The van der Waals surface area contributed by atoms with Gasteiger partial charge >= 0.3 is 6.18 Å². The standard InChI is InChI=1S/C12H14ClF3N2O2S/c13-10-2-1-9(17)7-11(10)21(19,20)18-5-3-8(4-6-18)12(14,15)16/h1-2,7-8H,3-6,17H2. The van der Waals surface area contributed by atoms with Crippen molar-refractivity contribution in [2.45, 2.75) is 23.9 Å². The zero-order valence-corrected chi connectivity index (χ0v) is 12.5. The van der Waals surface area contributed by atoms with E-state index in [1.165, 1.54) is 18.2 Å². The predicted molar refractivity (Wildman–Crippen MR) is 73.4 cm³/mol. The molecule has 1 saturated heterocycles. The van der Waals surface area contributed by atoms with Crippen LogP contribution in [-0.4, -0.2) is 32.0 Å². The molecular formula is C12H14ClF3N2O2S. The maximum atomic E-state index is 12.6. The Morgan fingerprint density at radius 1 is 1.24 bits per heavy atom. The monoisotopic (exact) mass is 342 g/mol. The van der Waals surface area contributed by atoms with Crippen LogP contribution in [0, 0.1) is 5.92 Å². The summed E-state index contributed by atoms with van der Waals surface area (Å²) in [6, 6.07) is 4.02. The number of halogens is 4. The molecule has 118 valence electrons. The lowest BCUT2D eigenvalue weighted by molar-refractivity contribution is -0.182. The lowest BCUT2D eigenvalue weighted by Crippen LogP contribution is -2.42. The number of hydrogen-bond donors (Lipinski definition) is 1. The molecule has 0 radical (unpaired) electrons. The van der Waals surface area contributed by atoms with Gasteiger partial charge in [-0.2, -0.15) is 17.5 Å². The van der Waals surface area contributed by atoms with Crippen LogP contribution in [0.15, 0.2) is 23.1 Å². The van der Waals surface area contributed by atoms with Crippen molar-refractivity contribution < 1.29 is 21.6 Å². The Morgan fingerprint density at radius 2 is 1.81 bits per heavy atom. The predicted octanol–water partition coefficient (Wildman–Crippen LogP) is 2.89. The smallest absolute Gasteiger partial charge is 0.391 e. The summed E-state index contributed by atoms with van der Waals surface area (Å²) in [5.74, 6) is -1.46. The summed E-state index contributed by atoms with van der Waals surface area (Å²) in [7, 11) is -3.93. The van der Waals surface area contributed by atoms with E-state index in [0.29, 0.717) is 0 Å². The van der Waals surface area contributed by atoms with Gasteiger partial charge < -0.3 is 5.73 Å². The van der Waals surface area contributed by atoms with Gasteiger partial charge in [0, 0.05) is 18.8 Å². The van der Waals surface area contributed by atoms with Gasteiger partial charge in [0.25, 0.3) is 0 Å². The first-order valence-corrected chi connectivity index (χ1v) is 8.06. The van der Waals surface area contributed by atoms with Crippen LogP contribution in [0.25, 0.3) is 0 Å². The molecule has 0 amide bonds. The van der Waals surface area contributed by atoms with Crippen molar-refractivity contribution in [1.29, 1.82) is 0 Å². The molecule has 9 heteroatoms. The first-order chi connectivity index (χ1) is 9.62.